The summed E-state index contributed by atoms with van der Waals surface area (Å²) in [5.74, 6) is 1.55. The summed E-state index contributed by atoms with van der Waals surface area (Å²) in [7, 11) is 0. The van der Waals surface area contributed by atoms with Crippen molar-refractivity contribution in [3.63, 3.8) is 0 Å². The number of hydrogen-bond donors (Lipinski definition) is 0. The number of carbonyl (C=O) groups is 1. The van der Waals surface area contributed by atoms with E-state index in [1.165, 1.54) is 0 Å². The van der Waals surface area contributed by atoms with Gasteiger partial charge in [-0.1, -0.05) is 18.2 Å². The highest BCUT2D eigenvalue weighted by molar-refractivity contribution is 5.73. The van der Waals surface area contributed by atoms with Crippen molar-refractivity contribution in [2.75, 3.05) is 19.7 Å². The van der Waals surface area contributed by atoms with Gasteiger partial charge in [-0.25, -0.2) is 0 Å². The summed E-state index contributed by atoms with van der Waals surface area (Å²) in [4.78, 5) is 13.2. The number of piperidine rings is 1. The first-order valence-electron chi connectivity index (χ1n) is 6.19. The van der Waals surface area contributed by atoms with Crippen molar-refractivity contribution in [2.24, 2.45) is 5.92 Å². The lowest BCUT2D eigenvalue weighted by Crippen LogP contribution is -2.40. The minimum absolute atomic E-state index is 0.175. The third-order valence-corrected chi connectivity index (χ3v) is 3.19. The SMILES string of the molecule is CC(=O)N1CCCC(COc2ccccc2)C1. The molecule has 1 unspecified atom stereocenters. The molecule has 0 aliphatic carbocycles. The van der Waals surface area contributed by atoms with E-state index in [1.54, 1.807) is 6.92 Å². The fraction of sp³-hybridized carbons (Fsp3) is 0.500. The lowest BCUT2D eigenvalue weighted by Gasteiger charge is -2.31. The Morgan fingerprint density at radius 2 is 2.18 bits per heavy atom. The van der Waals surface area contributed by atoms with E-state index in [-0.39, 0.29) is 5.91 Å². The molecule has 1 fully saturated rings. The second kappa shape index (κ2) is 5.71. The minimum atomic E-state index is 0.175. The van der Waals surface area contributed by atoms with Crippen LogP contribution in [0.2, 0.25) is 0 Å². The number of nitrogens with zero attached hydrogens (tertiary/aromatic N) is 1. The van der Waals surface area contributed by atoms with Crippen LogP contribution in [0.3, 0.4) is 0 Å². The minimum Gasteiger partial charge on any atom is -0.493 e. The molecule has 17 heavy (non-hydrogen) atoms. The molecule has 1 aromatic carbocycles. The van der Waals surface area contributed by atoms with Crippen molar-refractivity contribution >= 4 is 5.91 Å². The van der Waals surface area contributed by atoms with Crippen LogP contribution in [0.4, 0.5) is 0 Å². The molecule has 1 atom stereocenters. The van der Waals surface area contributed by atoms with Crippen LogP contribution < -0.4 is 4.74 Å². The van der Waals surface area contributed by atoms with Crippen molar-refractivity contribution in [2.45, 2.75) is 19.8 Å². The molecule has 3 heteroatoms. The molecular formula is C14H19NO2. The van der Waals surface area contributed by atoms with Gasteiger partial charge in [0, 0.05) is 25.9 Å². The molecule has 1 saturated heterocycles. The Morgan fingerprint density at radius 1 is 1.41 bits per heavy atom. The molecule has 1 amide bonds. The average Bonchev–Trinajstić information content (AvgIpc) is 2.38. The first kappa shape index (κ1) is 12.0. The number of benzene rings is 1. The molecule has 0 radical (unpaired) electrons. The van der Waals surface area contributed by atoms with Gasteiger partial charge < -0.3 is 9.64 Å². The van der Waals surface area contributed by atoms with Gasteiger partial charge in [0.2, 0.25) is 5.91 Å². The largest absolute Gasteiger partial charge is 0.493 e. The molecule has 1 aliphatic heterocycles. The fourth-order valence-corrected chi connectivity index (χ4v) is 2.22. The molecule has 0 aromatic heterocycles. The highest BCUT2D eigenvalue weighted by Gasteiger charge is 2.21. The fourth-order valence-electron chi connectivity index (χ4n) is 2.22. The lowest BCUT2D eigenvalue weighted by atomic mass is 9.99. The molecule has 2 rings (SSSR count). The van der Waals surface area contributed by atoms with E-state index in [4.69, 9.17) is 4.74 Å². The van der Waals surface area contributed by atoms with Gasteiger partial charge >= 0.3 is 0 Å². The van der Waals surface area contributed by atoms with Crippen LogP contribution in [-0.4, -0.2) is 30.5 Å². The van der Waals surface area contributed by atoms with Gasteiger partial charge in [-0.05, 0) is 25.0 Å². The maximum Gasteiger partial charge on any atom is 0.219 e. The Morgan fingerprint density at radius 3 is 2.88 bits per heavy atom. The zero-order valence-electron chi connectivity index (χ0n) is 10.3. The maximum atomic E-state index is 11.3. The van der Waals surface area contributed by atoms with Crippen LogP contribution in [0.15, 0.2) is 30.3 Å². The summed E-state index contributed by atoms with van der Waals surface area (Å²) in [6.07, 6.45) is 2.24. The average molecular weight is 233 g/mol. The van der Waals surface area contributed by atoms with Crippen molar-refractivity contribution in [3.05, 3.63) is 30.3 Å². The quantitative estimate of drug-likeness (QED) is 0.802. The Balaban J connectivity index is 1.81. The number of rotatable bonds is 3. The van der Waals surface area contributed by atoms with Crippen molar-refractivity contribution in [1.29, 1.82) is 0 Å². The van der Waals surface area contributed by atoms with Gasteiger partial charge in [-0.2, -0.15) is 0 Å². The van der Waals surface area contributed by atoms with E-state index in [9.17, 15) is 4.79 Å². The van der Waals surface area contributed by atoms with E-state index in [2.05, 4.69) is 0 Å². The molecule has 0 spiro atoms. The summed E-state index contributed by atoms with van der Waals surface area (Å²) >= 11 is 0. The maximum absolute atomic E-state index is 11.3. The van der Waals surface area contributed by atoms with E-state index in [0.29, 0.717) is 12.5 Å². The molecule has 1 aliphatic rings. The number of likely N-dealkylation sites (tertiary alicyclic amines) is 1. The molecule has 3 nitrogen and oxygen atoms in total. The molecular weight excluding hydrogens is 214 g/mol. The second-order valence-corrected chi connectivity index (χ2v) is 4.60. The van der Waals surface area contributed by atoms with Crippen LogP contribution in [0.5, 0.6) is 5.75 Å². The van der Waals surface area contributed by atoms with Crippen LogP contribution in [-0.2, 0) is 4.79 Å². The first-order valence-corrected chi connectivity index (χ1v) is 6.19. The Labute approximate surface area is 102 Å². The number of para-hydroxylation sites is 1. The first-order chi connectivity index (χ1) is 8.25. The summed E-state index contributed by atoms with van der Waals surface area (Å²) in [6.45, 7) is 4.08. The van der Waals surface area contributed by atoms with Gasteiger partial charge in [0.25, 0.3) is 0 Å². The van der Waals surface area contributed by atoms with Gasteiger partial charge in [-0.15, -0.1) is 0 Å². The topological polar surface area (TPSA) is 29.5 Å². The Bertz CT molecular complexity index is 364. The van der Waals surface area contributed by atoms with Crippen LogP contribution in [0, 0.1) is 5.92 Å². The highest BCUT2D eigenvalue weighted by atomic mass is 16.5. The number of hydrogen-bond acceptors (Lipinski definition) is 2. The molecule has 1 heterocycles. The zero-order valence-corrected chi connectivity index (χ0v) is 10.3. The molecule has 0 saturated carbocycles. The third-order valence-electron chi connectivity index (χ3n) is 3.19. The van der Waals surface area contributed by atoms with E-state index < -0.39 is 0 Å². The predicted octanol–water partition coefficient (Wildman–Crippen LogP) is 2.32. The standard InChI is InChI=1S/C14H19NO2/c1-12(16)15-9-5-6-13(10-15)11-17-14-7-3-2-4-8-14/h2-4,7-8,13H,5-6,9-11H2,1H3. The molecule has 0 bridgehead atoms. The number of amides is 1. The molecule has 92 valence electrons. The monoisotopic (exact) mass is 233 g/mol. The highest BCUT2D eigenvalue weighted by Crippen LogP contribution is 2.18. The van der Waals surface area contributed by atoms with E-state index in [1.807, 2.05) is 35.2 Å². The van der Waals surface area contributed by atoms with Crippen LogP contribution in [0.1, 0.15) is 19.8 Å². The van der Waals surface area contributed by atoms with E-state index in [0.717, 1.165) is 31.7 Å². The van der Waals surface area contributed by atoms with Gasteiger partial charge in [0.1, 0.15) is 5.75 Å². The molecule has 1 aromatic rings. The predicted molar refractivity (Wildman–Crippen MR) is 66.9 cm³/mol. The Kier molecular flexibility index (Phi) is 4.02. The second-order valence-electron chi connectivity index (χ2n) is 4.60. The van der Waals surface area contributed by atoms with Gasteiger partial charge in [-0.3, -0.25) is 4.79 Å². The summed E-state index contributed by atoms with van der Waals surface area (Å²) in [5.41, 5.74) is 0. The lowest BCUT2D eigenvalue weighted by molar-refractivity contribution is -0.130. The summed E-state index contributed by atoms with van der Waals surface area (Å²) in [6, 6.07) is 9.85. The number of carbonyl (C=O) groups excluding carboxylic acids is 1. The Hall–Kier alpha value is -1.51. The summed E-state index contributed by atoms with van der Waals surface area (Å²) < 4.78 is 5.74. The summed E-state index contributed by atoms with van der Waals surface area (Å²) in [5, 5.41) is 0. The van der Waals surface area contributed by atoms with Crippen molar-refractivity contribution in [3.8, 4) is 5.75 Å². The third kappa shape index (κ3) is 3.48. The smallest absolute Gasteiger partial charge is 0.219 e. The normalized spacial score (nSPS) is 20.1. The van der Waals surface area contributed by atoms with Crippen molar-refractivity contribution < 1.29 is 9.53 Å². The van der Waals surface area contributed by atoms with Crippen molar-refractivity contribution in [1.82, 2.24) is 4.90 Å². The number of ether oxygens (including phenoxy) is 1. The van der Waals surface area contributed by atoms with Crippen LogP contribution >= 0.6 is 0 Å². The van der Waals surface area contributed by atoms with Gasteiger partial charge in [0.15, 0.2) is 0 Å². The zero-order chi connectivity index (χ0) is 12.1. The van der Waals surface area contributed by atoms with E-state index >= 15 is 0 Å². The van der Waals surface area contributed by atoms with Crippen LogP contribution in [0.25, 0.3) is 0 Å². The molecule has 0 N–H and O–H groups in total. The van der Waals surface area contributed by atoms with Gasteiger partial charge in [0.05, 0.1) is 6.61 Å².